The first kappa shape index (κ1) is 11.5. The zero-order chi connectivity index (χ0) is 10.7. The summed E-state index contributed by atoms with van der Waals surface area (Å²) in [6.07, 6.45) is 0. The van der Waals surface area contributed by atoms with Crippen LogP contribution in [0.1, 0.15) is 11.1 Å². The van der Waals surface area contributed by atoms with Crippen LogP contribution in [0.4, 0.5) is 5.69 Å². The van der Waals surface area contributed by atoms with E-state index in [4.69, 9.17) is 0 Å². The third-order valence-electron chi connectivity index (χ3n) is 1.75. The molecule has 1 aromatic carbocycles. The fraction of sp³-hybridized carbons (Fsp3) is 0.250. The predicted octanol–water partition coefficient (Wildman–Crippen LogP) is 3.09. The Bertz CT molecular complexity index is 343. The molecule has 1 N–H and O–H groups in total. The third kappa shape index (κ3) is 2.24. The second kappa shape index (κ2) is 4.75. The summed E-state index contributed by atoms with van der Waals surface area (Å²) in [7, 11) is 0. The number of alkyl halides is 2. The minimum atomic E-state index is -0.474. The van der Waals surface area contributed by atoms with Gasteiger partial charge in [-0.05, 0) is 0 Å². The number of non-ortho nitro benzene ring substituents is 1. The van der Waals surface area contributed by atoms with Gasteiger partial charge in [0.15, 0.2) is 0 Å². The van der Waals surface area contributed by atoms with Crippen LogP contribution in [0.5, 0.6) is 5.75 Å². The van der Waals surface area contributed by atoms with Gasteiger partial charge in [-0.15, -0.1) is 0 Å². The number of hydrogen-bond acceptors (Lipinski definition) is 3. The van der Waals surface area contributed by atoms with E-state index in [9.17, 15) is 15.2 Å². The summed E-state index contributed by atoms with van der Waals surface area (Å²) in [6.45, 7) is 0. The van der Waals surface area contributed by atoms with Crippen LogP contribution in [0.15, 0.2) is 12.1 Å². The van der Waals surface area contributed by atoms with Crippen LogP contribution in [-0.4, -0.2) is 10.0 Å². The first-order valence-corrected chi connectivity index (χ1v) is 5.95. The van der Waals surface area contributed by atoms with Gasteiger partial charge >= 0.3 is 0 Å². The summed E-state index contributed by atoms with van der Waals surface area (Å²) in [5, 5.41) is 20.9. The van der Waals surface area contributed by atoms with Gasteiger partial charge in [0.2, 0.25) is 0 Å². The average Bonchev–Trinajstić information content (AvgIpc) is 2.17. The van der Waals surface area contributed by atoms with E-state index in [0.717, 1.165) is 0 Å². The van der Waals surface area contributed by atoms with Crippen molar-refractivity contribution in [1.29, 1.82) is 0 Å². The number of phenols is 1. The lowest BCUT2D eigenvalue weighted by Crippen LogP contribution is -1.93. The van der Waals surface area contributed by atoms with Gasteiger partial charge in [0.05, 0.1) is 4.92 Å². The molecule has 6 heteroatoms. The number of nitrogens with zero attached hydrogens (tertiary/aromatic N) is 1. The zero-order valence-electron chi connectivity index (χ0n) is 7.04. The van der Waals surface area contributed by atoms with Crippen LogP contribution >= 0.6 is 31.9 Å². The number of halogens is 2. The summed E-state index contributed by atoms with van der Waals surface area (Å²) in [5.41, 5.74) is 1.04. The van der Waals surface area contributed by atoms with Gasteiger partial charge in [-0.2, -0.15) is 0 Å². The second-order valence-corrected chi connectivity index (χ2v) is 3.76. The van der Waals surface area contributed by atoms with Crippen LogP contribution in [0.2, 0.25) is 0 Å². The normalized spacial score (nSPS) is 10.1. The van der Waals surface area contributed by atoms with E-state index in [1.165, 1.54) is 12.1 Å². The number of benzene rings is 1. The highest BCUT2D eigenvalue weighted by Crippen LogP contribution is 2.31. The average molecular weight is 325 g/mol. The van der Waals surface area contributed by atoms with E-state index >= 15 is 0 Å². The largest absolute Gasteiger partial charge is 0.507 e. The highest BCUT2D eigenvalue weighted by Gasteiger charge is 2.14. The zero-order valence-corrected chi connectivity index (χ0v) is 10.2. The number of rotatable bonds is 3. The molecule has 0 aliphatic rings. The molecule has 0 saturated heterocycles. The molecule has 0 aliphatic carbocycles. The Hall–Kier alpha value is -0.620. The van der Waals surface area contributed by atoms with Crippen molar-refractivity contribution in [1.82, 2.24) is 0 Å². The number of nitro benzene ring substituents is 1. The van der Waals surface area contributed by atoms with Crippen LogP contribution in [0, 0.1) is 10.1 Å². The van der Waals surface area contributed by atoms with Gasteiger partial charge in [0.25, 0.3) is 5.69 Å². The summed E-state index contributed by atoms with van der Waals surface area (Å²) < 4.78 is 0. The summed E-state index contributed by atoms with van der Waals surface area (Å²) in [4.78, 5) is 10.1. The van der Waals surface area contributed by atoms with E-state index in [0.29, 0.717) is 21.8 Å². The molecule has 4 nitrogen and oxygen atoms in total. The van der Waals surface area contributed by atoms with Crippen LogP contribution < -0.4 is 0 Å². The second-order valence-electron chi connectivity index (χ2n) is 2.64. The molecule has 0 aromatic heterocycles. The first-order chi connectivity index (χ1) is 6.60. The SMILES string of the molecule is O=[N+]([O-])c1cc(CBr)c(O)c(CBr)c1. The topological polar surface area (TPSA) is 63.4 Å². The molecule has 0 heterocycles. The van der Waals surface area contributed by atoms with Crippen molar-refractivity contribution < 1.29 is 10.0 Å². The van der Waals surface area contributed by atoms with Gasteiger partial charge < -0.3 is 5.11 Å². The molecule has 0 unspecified atom stereocenters. The maximum absolute atomic E-state index is 10.5. The fourth-order valence-corrected chi connectivity index (χ4v) is 1.91. The smallest absolute Gasteiger partial charge is 0.270 e. The van der Waals surface area contributed by atoms with E-state index < -0.39 is 4.92 Å². The summed E-state index contributed by atoms with van der Waals surface area (Å²) >= 11 is 6.31. The van der Waals surface area contributed by atoms with Gasteiger partial charge in [0, 0.05) is 33.9 Å². The van der Waals surface area contributed by atoms with Gasteiger partial charge in [-0.3, -0.25) is 10.1 Å². The fourth-order valence-electron chi connectivity index (χ4n) is 1.05. The molecule has 76 valence electrons. The summed E-state index contributed by atoms with van der Waals surface area (Å²) in [5.74, 6) is 0.101. The molecule has 0 bridgehead atoms. The number of nitro groups is 1. The summed E-state index contributed by atoms with van der Waals surface area (Å²) in [6, 6.07) is 2.71. The van der Waals surface area contributed by atoms with Gasteiger partial charge in [0.1, 0.15) is 5.75 Å². The Morgan fingerprint density at radius 2 is 1.71 bits per heavy atom. The Morgan fingerprint density at radius 1 is 1.29 bits per heavy atom. The van der Waals surface area contributed by atoms with E-state index in [-0.39, 0.29) is 11.4 Å². The molecule has 0 spiro atoms. The number of phenolic OH excluding ortho intramolecular Hbond substituents is 1. The first-order valence-electron chi connectivity index (χ1n) is 3.71. The van der Waals surface area contributed by atoms with Crippen molar-refractivity contribution in [2.75, 3.05) is 0 Å². The maximum atomic E-state index is 10.5. The van der Waals surface area contributed by atoms with E-state index in [1.54, 1.807) is 0 Å². The molecule has 0 saturated carbocycles. The predicted molar refractivity (Wildman–Crippen MR) is 60.0 cm³/mol. The number of aromatic hydroxyl groups is 1. The van der Waals surface area contributed by atoms with Crippen LogP contribution in [-0.2, 0) is 10.7 Å². The van der Waals surface area contributed by atoms with Crippen LogP contribution in [0.25, 0.3) is 0 Å². The monoisotopic (exact) mass is 323 g/mol. The lowest BCUT2D eigenvalue weighted by Gasteiger charge is -2.05. The highest BCUT2D eigenvalue weighted by molar-refractivity contribution is 9.08. The minimum absolute atomic E-state index is 0.00769. The molecule has 0 radical (unpaired) electrons. The van der Waals surface area contributed by atoms with Crippen molar-refractivity contribution in [3.8, 4) is 5.75 Å². The Kier molecular flexibility index (Phi) is 3.88. The molecule has 1 aromatic rings. The number of hydrogen-bond donors (Lipinski definition) is 1. The Balaban J connectivity index is 3.32. The van der Waals surface area contributed by atoms with Gasteiger partial charge in [-0.25, -0.2) is 0 Å². The molecule has 0 aliphatic heterocycles. The quantitative estimate of drug-likeness (QED) is 0.528. The maximum Gasteiger partial charge on any atom is 0.270 e. The van der Waals surface area contributed by atoms with E-state index in [1.807, 2.05) is 0 Å². The molecular formula is C8H7Br2NO3. The van der Waals surface area contributed by atoms with Crippen molar-refractivity contribution >= 4 is 37.5 Å². The molecule has 1 rings (SSSR count). The molecule has 0 atom stereocenters. The lowest BCUT2D eigenvalue weighted by molar-refractivity contribution is -0.385. The standard InChI is InChI=1S/C8H7Br2NO3/c9-3-5-1-7(11(13)14)2-6(4-10)8(5)12/h1-2,12H,3-4H2. The minimum Gasteiger partial charge on any atom is -0.507 e. The van der Waals surface area contributed by atoms with Crippen molar-refractivity contribution in [2.24, 2.45) is 0 Å². The lowest BCUT2D eigenvalue weighted by atomic mass is 10.1. The van der Waals surface area contributed by atoms with Gasteiger partial charge in [-0.1, -0.05) is 31.9 Å². The van der Waals surface area contributed by atoms with Crippen molar-refractivity contribution in [3.05, 3.63) is 33.4 Å². The van der Waals surface area contributed by atoms with E-state index in [2.05, 4.69) is 31.9 Å². The molecule has 0 fully saturated rings. The van der Waals surface area contributed by atoms with Crippen molar-refractivity contribution in [3.63, 3.8) is 0 Å². The van der Waals surface area contributed by atoms with Crippen LogP contribution in [0.3, 0.4) is 0 Å². The Morgan fingerprint density at radius 3 is 2.00 bits per heavy atom. The third-order valence-corrected chi connectivity index (χ3v) is 2.96. The highest BCUT2D eigenvalue weighted by atomic mass is 79.9. The molecular weight excluding hydrogens is 318 g/mol. The molecule has 14 heavy (non-hydrogen) atoms. The molecule has 0 amide bonds. The Labute approximate surface area is 97.3 Å². The van der Waals surface area contributed by atoms with Crippen molar-refractivity contribution in [2.45, 2.75) is 10.7 Å².